The number of hydrogen-bond donors (Lipinski definition) is 2. The average Bonchev–Trinajstić information content (AvgIpc) is 3.28. The second-order valence-electron chi connectivity index (χ2n) is 9.17. The van der Waals surface area contributed by atoms with E-state index in [0.29, 0.717) is 6.42 Å². The zero-order chi connectivity index (χ0) is 21.5. The molecule has 30 heavy (non-hydrogen) atoms. The molecule has 3 aliphatic heterocycles. The monoisotopic (exact) mass is 414 g/mol. The molecule has 2 fully saturated rings. The molecule has 0 aromatic heterocycles. The number of aliphatic hydroxyl groups is 2. The molecule has 3 heterocycles. The summed E-state index contributed by atoms with van der Waals surface area (Å²) in [7, 11) is 4.79. The summed E-state index contributed by atoms with van der Waals surface area (Å²) in [5.74, 6) is -0.0624. The van der Waals surface area contributed by atoms with Crippen LogP contribution in [-0.4, -0.2) is 79.2 Å². The number of anilines is 1. The first-order chi connectivity index (χ1) is 14.3. The largest absolute Gasteiger partial charge is 0.497 e. The molecule has 1 saturated heterocycles. The molecule has 1 aliphatic carbocycles. The second kappa shape index (κ2) is 6.22. The summed E-state index contributed by atoms with van der Waals surface area (Å²) in [5.41, 5.74) is -1.31. The minimum atomic E-state index is -2.07. The first kappa shape index (κ1) is 19.8. The van der Waals surface area contributed by atoms with E-state index >= 15 is 0 Å². The van der Waals surface area contributed by atoms with Gasteiger partial charge < -0.3 is 24.6 Å². The molecule has 6 atom stereocenters. The smallest absolute Gasteiger partial charge is 0.342 e. The Kier molecular flexibility index (Phi) is 4.11. The van der Waals surface area contributed by atoms with Gasteiger partial charge in [0.1, 0.15) is 11.9 Å². The summed E-state index contributed by atoms with van der Waals surface area (Å²) in [5, 5.41) is 23.7. The van der Waals surface area contributed by atoms with Crippen LogP contribution >= 0.6 is 0 Å². The number of nitrogens with zero attached hydrogens (tertiary/aromatic N) is 2. The standard InChI is InChI=1S/C23H30N2O5/c1-5-21-9-6-11-25-12-10-22(17(21)25)15-8-7-14(29-3)13-16(15)24(2)18(22)23(28,19(21)26)20(27)30-4/h6-9,13,17-19,26,28H,5,10-12H2,1-4H3/t17?,18-,19-,21-,22-,23+/m1/s1. The van der Waals surface area contributed by atoms with Crippen molar-refractivity contribution in [2.75, 3.05) is 39.3 Å². The summed E-state index contributed by atoms with van der Waals surface area (Å²) in [6, 6.07) is 5.31. The van der Waals surface area contributed by atoms with E-state index in [4.69, 9.17) is 9.47 Å². The predicted octanol–water partition coefficient (Wildman–Crippen LogP) is 1.07. The van der Waals surface area contributed by atoms with Crippen molar-refractivity contribution in [2.45, 2.75) is 49.0 Å². The van der Waals surface area contributed by atoms with Crippen LogP contribution < -0.4 is 9.64 Å². The van der Waals surface area contributed by atoms with Crippen LogP contribution in [0.3, 0.4) is 0 Å². The Morgan fingerprint density at radius 2 is 2.07 bits per heavy atom. The van der Waals surface area contributed by atoms with Crippen molar-refractivity contribution in [3.63, 3.8) is 0 Å². The van der Waals surface area contributed by atoms with Gasteiger partial charge in [-0.25, -0.2) is 4.79 Å². The first-order valence-corrected chi connectivity index (χ1v) is 10.6. The van der Waals surface area contributed by atoms with E-state index in [-0.39, 0.29) is 6.04 Å². The van der Waals surface area contributed by atoms with Crippen LogP contribution in [0.15, 0.2) is 30.4 Å². The number of esters is 1. The normalized spacial score (nSPS) is 41.3. The second-order valence-corrected chi connectivity index (χ2v) is 9.17. The molecule has 0 radical (unpaired) electrons. The zero-order valence-corrected chi connectivity index (χ0v) is 18.0. The van der Waals surface area contributed by atoms with Crippen molar-refractivity contribution in [2.24, 2.45) is 5.41 Å². The Bertz CT molecular complexity index is 934. The Morgan fingerprint density at radius 3 is 2.73 bits per heavy atom. The fraction of sp³-hybridized carbons (Fsp3) is 0.609. The van der Waals surface area contributed by atoms with Crippen LogP contribution in [0.5, 0.6) is 5.75 Å². The fourth-order valence-corrected chi connectivity index (χ4v) is 7.34. The first-order valence-electron chi connectivity index (χ1n) is 10.6. The Hall–Kier alpha value is -2.09. The van der Waals surface area contributed by atoms with Crippen LogP contribution in [0.4, 0.5) is 5.69 Å². The van der Waals surface area contributed by atoms with E-state index in [0.717, 1.165) is 36.5 Å². The molecule has 1 aromatic rings. The van der Waals surface area contributed by atoms with Gasteiger partial charge in [0.2, 0.25) is 5.60 Å². The molecule has 1 spiro atoms. The number of aliphatic hydroxyl groups excluding tert-OH is 1. The van der Waals surface area contributed by atoms with Gasteiger partial charge in [0.25, 0.3) is 0 Å². The number of hydrogen-bond acceptors (Lipinski definition) is 7. The molecule has 1 saturated carbocycles. The van der Waals surface area contributed by atoms with Gasteiger partial charge in [-0.2, -0.15) is 0 Å². The highest BCUT2D eigenvalue weighted by atomic mass is 16.5. The van der Waals surface area contributed by atoms with Crippen LogP contribution in [0, 0.1) is 5.41 Å². The molecular weight excluding hydrogens is 384 g/mol. The number of fused-ring (bicyclic) bond motifs is 1. The maximum atomic E-state index is 13.1. The lowest BCUT2D eigenvalue weighted by Crippen LogP contribution is -2.80. The van der Waals surface area contributed by atoms with Gasteiger partial charge in [-0.15, -0.1) is 0 Å². The van der Waals surface area contributed by atoms with E-state index < -0.39 is 34.5 Å². The molecule has 4 aliphatic rings. The van der Waals surface area contributed by atoms with E-state index in [1.807, 2.05) is 37.1 Å². The third kappa shape index (κ3) is 1.95. The van der Waals surface area contributed by atoms with Crippen molar-refractivity contribution in [3.05, 3.63) is 35.9 Å². The summed E-state index contributed by atoms with van der Waals surface area (Å²) < 4.78 is 10.6. The Morgan fingerprint density at radius 1 is 1.30 bits per heavy atom. The lowest BCUT2D eigenvalue weighted by atomic mass is 9.48. The SMILES string of the molecule is CC[C@]12C=CCN3CC[C@@]4(c5ccc(OC)cc5N(C)[C@H]4[C@@](O)(C(=O)OC)[C@@H]1O)C32. The van der Waals surface area contributed by atoms with Gasteiger partial charge in [0.15, 0.2) is 0 Å². The van der Waals surface area contributed by atoms with Crippen molar-refractivity contribution in [1.82, 2.24) is 4.90 Å². The van der Waals surface area contributed by atoms with Gasteiger partial charge in [-0.05, 0) is 31.0 Å². The van der Waals surface area contributed by atoms with Crippen LogP contribution in [0.1, 0.15) is 25.3 Å². The van der Waals surface area contributed by atoms with Gasteiger partial charge in [0, 0.05) is 42.2 Å². The van der Waals surface area contributed by atoms with Crippen molar-refractivity contribution >= 4 is 11.7 Å². The molecule has 1 unspecified atom stereocenters. The van der Waals surface area contributed by atoms with E-state index in [9.17, 15) is 15.0 Å². The number of rotatable bonds is 3. The Labute approximate surface area is 176 Å². The molecule has 5 rings (SSSR count). The number of carbonyl (C=O) groups excluding carboxylic acids is 1. The van der Waals surface area contributed by atoms with Gasteiger partial charge >= 0.3 is 5.97 Å². The highest BCUT2D eigenvalue weighted by Crippen LogP contribution is 2.66. The molecule has 7 heteroatoms. The lowest BCUT2D eigenvalue weighted by Gasteiger charge is -2.63. The number of ether oxygens (including phenoxy) is 2. The summed E-state index contributed by atoms with van der Waals surface area (Å²) in [6.07, 6.45) is 4.21. The molecule has 7 nitrogen and oxygen atoms in total. The molecule has 0 amide bonds. The van der Waals surface area contributed by atoms with Crippen molar-refractivity contribution < 1.29 is 24.5 Å². The summed E-state index contributed by atoms with van der Waals surface area (Å²) in [6.45, 7) is 3.67. The van der Waals surface area contributed by atoms with E-state index in [1.54, 1.807) is 7.11 Å². The summed E-state index contributed by atoms with van der Waals surface area (Å²) in [4.78, 5) is 17.5. The molecular formula is C23H30N2O5. The minimum absolute atomic E-state index is 0.0259. The van der Waals surface area contributed by atoms with Crippen molar-refractivity contribution in [1.29, 1.82) is 0 Å². The van der Waals surface area contributed by atoms with Gasteiger partial charge in [-0.1, -0.05) is 25.1 Å². The molecule has 2 N–H and O–H groups in total. The molecule has 0 bridgehead atoms. The lowest BCUT2D eigenvalue weighted by molar-refractivity contribution is -0.218. The van der Waals surface area contributed by atoms with Crippen molar-refractivity contribution in [3.8, 4) is 5.75 Å². The van der Waals surface area contributed by atoms with Gasteiger partial charge in [0.05, 0.1) is 20.3 Å². The van der Waals surface area contributed by atoms with E-state index in [2.05, 4.69) is 17.0 Å². The Balaban J connectivity index is 1.85. The van der Waals surface area contributed by atoms with Crippen LogP contribution in [0.25, 0.3) is 0 Å². The van der Waals surface area contributed by atoms with Crippen LogP contribution in [-0.2, 0) is 14.9 Å². The zero-order valence-electron chi connectivity index (χ0n) is 18.0. The number of methoxy groups -OCH3 is 2. The third-order valence-electron chi connectivity index (χ3n) is 8.37. The van der Waals surface area contributed by atoms with Gasteiger partial charge in [-0.3, -0.25) is 4.90 Å². The maximum absolute atomic E-state index is 13.1. The molecule has 162 valence electrons. The molecule has 1 aromatic carbocycles. The fourth-order valence-electron chi connectivity index (χ4n) is 7.34. The minimum Gasteiger partial charge on any atom is -0.497 e. The van der Waals surface area contributed by atoms with E-state index in [1.165, 1.54) is 7.11 Å². The number of likely N-dealkylation sites (N-methyl/N-ethyl adjacent to an activating group) is 1. The third-order valence-corrected chi connectivity index (χ3v) is 8.37. The number of benzene rings is 1. The summed E-state index contributed by atoms with van der Waals surface area (Å²) >= 11 is 0. The number of carbonyl (C=O) groups is 1. The maximum Gasteiger partial charge on any atom is 0.342 e. The highest BCUT2D eigenvalue weighted by molar-refractivity contribution is 5.86. The predicted molar refractivity (Wildman–Crippen MR) is 112 cm³/mol. The van der Waals surface area contributed by atoms with Crippen LogP contribution in [0.2, 0.25) is 0 Å². The average molecular weight is 415 g/mol. The highest BCUT2D eigenvalue weighted by Gasteiger charge is 2.78. The quantitative estimate of drug-likeness (QED) is 0.566. The topological polar surface area (TPSA) is 82.5 Å².